The first-order chi connectivity index (χ1) is 10.0. The Labute approximate surface area is 123 Å². The first kappa shape index (κ1) is 13.9. The number of rotatable bonds is 2. The number of nitrogens with zero attached hydrogens (tertiary/aromatic N) is 2. The lowest BCUT2D eigenvalue weighted by Crippen LogP contribution is -2.53. The van der Waals surface area contributed by atoms with Crippen LogP contribution in [0.1, 0.15) is 11.1 Å². The van der Waals surface area contributed by atoms with Crippen LogP contribution in [0.5, 0.6) is 0 Å². The molecule has 6 heteroatoms. The Kier molecular flexibility index (Phi) is 3.55. The van der Waals surface area contributed by atoms with Crippen molar-refractivity contribution < 1.29 is 14.3 Å². The molecule has 2 saturated heterocycles. The van der Waals surface area contributed by atoms with Crippen molar-refractivity contribution in [2.45, 2.75) is 25.6 Å². The molecule has 0 radical (unpaired) electrons. The Morgan fingerprint density at radius 2 is 2.24 bits per heavy atom. The van der Waals surface area contributed by atoms with Crippen LogP contribution in [0.4, 0.5) is 4.79 Å². The third-order valence-electron chi connectivity index (χ3n) is 4.13. The molecule has 3 rings (SSSR count). The van der Waals surface area contributed by atoms with E-state index in [1.165, 1.54) is 4.90 Å². The molecule has 2 aliphatic heterocycles. The molecule has 0 aromatic heterocycles. The highest BCUT2D eigenvalue weighted by Crippen LogP contribution is 2.25. The van der Waals surface area contributed by atoms with Crippen LogP contribution < -0.4 is 5.73 Å². The average molecular weight is 289 g/mol. The lowest BCUT2D eigenvalue weighted by atomic mass is 10.1. The highest BCUT2D eigenvalue weighted by Gasteiger charge is 2.44. The molecule has 0 unspecified atom stereocenters. The molecule has 1 aromatic carbocycles. The molecule has 3 amide bonds. The van der Waals surface area contributed by atoms with Crippen molar-refractivity contribution in [1.82, 2.24) is 9.80 Å². The summed E-state index contributed by atoms with van der Waals surface area (Å²) in [6.07, 6.45) is -0.139. The SMILES string of the molecule is Cc1cccc(CN2C(=O)CO[C@@H]3CN(C(N)=O)C[C@H]32)c1. The molecular weight excluding hydrogens is 270 g/mol. The molecule has 6 nitrogen and oxygen atoms in total. The standard InChI is InChI=1S/C15H19N3O3/c1-10-3-2-4-11(5-10)6-18-12-7-17(15(16)20)8-13(12)21-9-14(18)19/h2-5,12-13H,6-9H2,1H3,(H2,16,20)/t12-,13-/m1/s1. The van der Waals surface area contributed by atoms with E-state index in [1.807, 2.05) is 30.0 Å². The molecule has 2 heterocycles. The van der Waals surface area contributed by atoms with Gasteiger partial charge < -0.3 is 20.3 Å². The van der Waals surface area contributed by atoms with Crippen LogP contribution in [0, 0.1) is 6.92 Å². The monoisotopic (exact) mass is 289 g/mol. The van der Waals surface area contributed by atoms with Crippen molar-refractivity contribution in [3.63, 3.8) is 0 Å². The van der Waals surface area contributed by atoms with Gasteiger partial charge in [0.15, 0.2) is 0 Å². The number of nitrogens with two attached hydrogens (primary N) is 1. The van der Waals surface area contributed by atoms with E-state index < -0.39 is 6.03 Å². The van der Waals surface area contributed by atoms with Gasteiger partial charge in [-0.15, -0.1) is 0 Å². The summed E-state index contributed by atoms with van der Waals surface area (Å²) in [5, 5.41) is 0. The van der Waals surface area contributed by atoms with Crippen LogP contribution in [0.25, 0.3) is 0 Å². The van der Waals surface area contributed by atoms with E-state index in [0.717, 1.165) is 11.1 Å². The van der Waals surface area contributed by atoms with Crippen LogP contribution in [-0.2, 0) is 16.1 Å². The molecule has 0 aliphatic carbocycles. The van der Waals surface area contributed by atoms with Gasteiger partial charge in [0, 0.05) is 13.1 Å². The number of carbonyl (C=O) groups is 2. The maximum atomic E-state index is 12.2. The molecule has 2 aliphatic rings. The smallest absolute Gasteiger partial charge is 0.314 e. The van der Waals surface area contributed by atoms with Crippen molar-refractivity contribution in [2.75, 3.05) is 19.7 Å². The minimum absolute atomic E-state index is 0.0379. The highest BCUT2D eigenvalue weighted by atomic mass is 16.5. The number of carbonyl (C=O) groups excluding carboxylic acids is 2. The minimum atomic E-state index is -0.462. The second kappa shape index (κ2) is 5.37. The van der Waals surface area contributed by atoms with Crippen LogP contribution in [-0.4, -0.2) is 53.6 Å². The van der Waals surface area contributed by atoms with Gasteiger partial charge in [-0.3, -0.25) is 4.79 Å². The fourth-order valence-corrected chi connectivity index (χ4v) is 3.06. The Bertz CT molecular complexity index is 575. The Balaban J connectivity index is 1.79. The quantitative estimate of drug-likeness (QED) is 0.860. The van der Waals surface area contributed by atoms with E-state index in [9.17, 15) is 9.59 Å². The second-order valence-electron chi connectivity index (χ2n) is 5.67. The van der Waals surface area contributed by atoms with E-state index in [-0.39, 0.29) is 24.7 Å². The number of urea groups is 1. The number of benzene rings is 1. The number of ether oxygens (including phenoxy) is 1. The van der Waals surface area contributed by atoms with Gasteiger partial charge in [0.25, 0.3) is 0 Å². The number of fused-ring (bicyclic) bond motifs is 1. The van der Waals surface area contributed by atoms with Gasteiger partial charge in [0.05, 0.1) is 18.7 Å². The number of hydrogen-bond acceptors (Lipinski definition) is 3. The fourth-order valence-electron chi connectivity index (χ4n) is 3.06. The van der Waals surface area contributed by atoms with E-state index >= 15 is 0 Å². The third-order valence-corrected chi connectivity index (χ3v) is 4.13. The molecular formula is C15H19N3O3. The molecule has 2 N–H and O–H groups in total. The summed E-state index contributed by atoms with van der Waals surface area (Å²) in [7, 11) is 0. The van der Waals surface area contributed by atoms with Gasteiger partial charge >= 0.3 is 6.03 Å². The van der Waals surface area contributed by atoms with Crippen LogP contribution in [0.3, 0.4) is 0 Å². The Morgan fingerprint density at radius 3 is 2.95 bits per heavy atom. The molecule has 21 heavy (non-hydrogen) atoms. The number of morpholine rings is 1. The first-order valence-electron chi connectivity index (χ1n) is 7.05. The lowest BCUT2D eigenvalue weighted by molar-refractivity contribution is -0.153. The van der Waals surface area contributed by atoms with Crippen molar-refractivity contribution in [2.24, 2.45) is 5.73 Å². The van der Waals surface area contributed by atoms with Gasteiger partial charge in [0.2, 0.25) is 5.91 Å². The Hall–Kier alpha value is -2.08. The summed E-state index contributed by atoms with van der Waals surface area (Å²) in [6.45, 7) is 3.53. The number of likely N-dealkylation sites (tertiary alicyclic amines) is 1. The first-order valence-corrected chi connectivity index (χ1v) is 7.05. The van der Waals surface area contributed by atoms with Crippen LogP contribution in [0.2, 0.25) is 0 Å². The number of amides is 3. The van der Waals surface area contributed by atoms with Crippen molar-refractivity contribution in [3.05, 3.63) is 35.4 Å². The topological polar surface area (TPSA) is 75.9 Å². The predicted octanol–water partition coefficient (Wildman–Crippen LogP) is 0.485. The molecule has 0 bridgehead atoms. The van der Waals surface area contributed by atoms with E-state index in [0.29, 0.717) is 19.6 Å². The highest BCUT2D eigenvalue weighted by molar-refractivity contribution is 5.79. The Morgan fingerprint density at radius 1 is 1.43 bits per heavy atom. The van der Waals surface area contributed by atoms with Crippen molar-refractivity contribution >= 4 is 11.9 Å². The molecule has 2 fully saturated rings. The summed E-state index contributed by atoms with van der Waals surface area (Å²) in [5.41, 5.74) is 7.58. The van der Waals surface area contributed by atoms with Gasteiger partial charge in [0.1, 0.15) is 6.61 Å². The minimum Gasteiger partial charge on any atom is -0.364 e. The molecule has 1 aromatic rings. The number of hydrogen-bond donors (Lipinski definition) is 1. The van der Waals surface area contributed by atoms with Gasteiger partial charge in [-0.25, -0.2) is 4.79 Å². The third kappa shape index (κ3) is 2.71. The summed E-state index contributed by atoms with van der Waals surface area (Å²) in [5.74, 6) is -0.0379. The maximum Gasteiger partial charge on any atom is 0.314 e. The second-order valence-corrected chi connectivity index (χ2v) is 5.67. The predicted molar refractivity (Wildman–Crippen MR) is 76.4 cm³/mol. The van der Waals surface area contributed by atoms with E-state index in [1.54, 1.807) is 0 Å². The summed E-state index contributed by atoms with van der Waals surface area (Å²) < 4.78 is 5.55. The van der Waals surface area contributed by atoms with Crippen molar-refractivity contribution in [3.8, 4) is 0 Å². The zero-order valence-corrected chi connectivity index (χ0v) is 12.0. The van der Waals surface area contributed by atoms with Crippen molar-refractivity contribution in [1.29, 1.82) is 0 Å². The number of aryl methyl sites for hydroxylation is 1. The molecule has 2 atom stereocenters. The largest absolute Gasteiger partial charge is 0.364 e. The van der Waals surface area contributed by atoms with E-state index in [4.69, 9.17) is 10.5 Å². The summed E-state index contributed by atoms with van der Waals surface area (Å²) in [6, 6.07) is 7.51. The number of primary amides is 1. The van der Waals surface area contributed by atoms with Gasteiger partial charge in [-0.1, -0.05) is 29.8 Å². The normalized spacial score (nSPS) is 25.1. The van der Waals surface area contributed by atoms with Crippen LogP contribution in [0.15, 0.2) is 24.3 Å². The van der Waals surface area contributed by atoms with E-state index in [2.05, 4.69) is 6.07 Å². The summed E-state index contributed by atoms with van der Waals surface area (Å²) >= 11 is 0. The molecule has 112 valence electrons. The zero-order valence-electron chi connectivity index (χ0n) is 12.0. The maximum absolute atomic E-state index is 12.2. The molecule has 0 saturated carbocycles. The fraction of sp³-hybridized carbons (Fsp3) is 0.467. The van der Waals surface area contributed by atoms with Crippen LogP contribution >= 0.6 is 0 Å². The van der Waals surface area contributed by atoms with Gasteiger partial charge in [-0.05, 0) is 12.5 Å². The average Bonchev–Trinajstić information content (AvgIpc) is 2.87. The zero-order chi connectivity index (χ0) is 15.0. The summed E-state index contributed by atoms with van der Waals surface area (Å²) in [4.78, 5) is 26.8. The van der Waals surface area contributed by atoms with Gasteiger partial charge in [-0.2, -0.15) is 0 Å². The lowest BCUT2D eigenvalue weighted by Gasteiger charge is -2.36. The molecule has 0 spiro atoms.